The van der Waals surface area contributed by atoms with Crippen LogP contribution in [0.5, 0.6) is 0 Å². The van der Waals surface area contributed by atoms with Crippen LogP contribution in [0.15, 0.2) is 67.0 Å². The van der Waals surface area contributed by atoms with Gasteiger partial charge in [-0.3, -0.25) is 14.8 Å². The monoisotopic (exact) mass is 469 g/mol. The summed E-state index contributed by atoms with van der Waals surface area (Å²) in [6.07, 6.45) is 4.62. The number of hydrogen-bond acceptors (Lipinski definition) is 5. The number of nitrogens with zero attached hydrogens (tertiary/aromatic N) is 5. The number of piperidine rings is 1. The maximum atomic E-state index is 13.7. The number of rotatable bonds is 3. The summed E-state index contributed by atoms with van der Waals surface area (Å²) in [6, 6.07) is 17.5. The number of halogens is 1. The molecule has 2 aliphatic heterocycles. The molecule has 4 heterocycles. The number of anilines is 1. The van der Waals surface area contributed by atoms with Crippen molar-refractivity contribution >= 4 is 34.4 Å². The number of fused-ring (bicyclic) bond motifs is 2. The van der Waals surface area contributed by atoms with Crippen LogP contribution in [0.1, 0.15) is 22.3 Å². The number of aryl methyl sites for hydroxylation is 1. The number of benzene rings is 2. The third kappa shape index (κ3) is 3.68. The van der Waals surface area contributed by atoms with Crippen LogP contribution in [-0.4, -0.2) is 51.4 Å². The van der Waals surface area contributed by atoms with E-state index in [-0.39, 0.29) is 11.9 Å². The summed E-state index contributed by atoms with van der Waals surface area (Å²) < 4.78 is 0. The van der Waals surface area contributed by atoms with Crippen molar-refractivity contribution in [2.45, 2.75) is 19.4 Å². The van der Waals surface area contributed by atoms with E-state index < -0.39 is 0 Å². The Labute approximate surface area is 203 Å². The van der Waals surface area contributed by atoms with Gasteiger partial charge in [-0.05, 0) is 49.7 Å². The Kier molecular flexibility index (Phi) is 5.18. The van der Waals surface area contributed by atoms with Gasteiger partial charge >= 0.3 is 0 Å². The largest absolute Gasteiger partial charge is 0.353 e. The van der Waals surface area contributed by atoms with Crippen molar-refractivity contribution in [3.05, 3.63) is 83.1 Å². The number of carbonyl (C=O) groups is 1. The first kappa shape index (κ1) is 21.1. The highest BCUT2D eigenvalue weighted by Crippen LogP contribution is 2.36. The first-order valence-electron chi connectivity index (χ1n) is 11.6. The van der Waals surface area contributed by atoms with Crippen molar-refractivity contribution in [2.75, 3.05) is 24.5 Å². The molecular weight excluding hydrogens is 446 g/mol. The molecule has 2 aromatic carbocycles. The zero-order chi connectivity index (χ0) is 23.2. The summed E-state index contributed by atoms with van der Waals surface area (Å²) in [5.41, 5.74) is 5.09. The molecule has 170 valence electrons. The number of likely N-dealkylation sites (tertiary alicyclic amines) is 1. The lowest BCUT2D eigenvalue weighted by Crippen LogP contribution is -2.65. The van der Waals surface area contributed by atoms with E-state index in [1.807, 2.05) is 72.6 Å². The zero-order valence-corrected chi connectivity index (χ0v) is 19.6. The molecular formula is C27H24ClN5O. The minimum atomic E-state index is 0.0730. The maximum absolute atomic E-state index is 13.7. The third-order valence-corrected chi connectivity index (χ3v) is 7.21. The molecule has 2 aliphatic rings. The van der Waals surface area contributed by atoms with Crippen molar-refractivity contribution in [1.82, 2.24) is 19.9 Å². The van der Waals surface area contributed by atoms with Gasteiger partial charge in [0.25, 0.3) is 5.91 Å². The number of hydrogen-bond donors (Lipinski definition) is 0. The topological polar surface area (TPSA) is 62.2 Å². The van der Waals surface area contributed by atoms with Gasteiger partial charge in [-0.2, -0.15) is 0 Å². The maximum Gasteiger partial charge on any atom is 0.254 e. The van der Waals surface area contributed by atoms with Crippen molar-refractivity contribution in [1.29, 1.82) is 0 Å². The minimum absolute atomic E-state index is 0.0730. The summed E-state index contributed by atoms with van der Waals surface area (Å²) in [7, 11) is 0. The van der Waals surface area contributed by atoms with E-state index in [1.54, 1.807) is 6.20 Å². The van der Waals surface area contributed by atoms with Gasteiger partial charge in [0, 0.05) is 47.9 Å². The predicted octanol–water partition coefficient (Wildman–Crippen LogP) is 5.00. The van der Waals surface area contributed by atoms with Crippen LogP contribution in [0.4, 0.5) is 5.82 Å². The van der Waals surface area contributed by atoms with Crippen molar-refractivity contribution in [3.63, 3.8) is 0 Å². The first-order chi connectivity index (χ1) is 16.6. The van der Waals surface area contributed by atoms with Crippen LogP contribution in [0.3, 0.4) is 0 Å². The number of amides is 1. The fraction of sp³-hybridized carbons (Fsp3) is 0.259. The van der Waals surface area contributed by atoms with E-state index in [0.29, 0.717) is 10.9 Å². The van der Waals surface area contributed by atoms with Crippen molar-refractivity contribution in [2.24, 2.45) is 5.92 Å². The smallest absolute Gasteiger partial charge is 0.254 e. The quantitative estimate of drug-likeness (QED) is 0.422. The van der Waals surface area contributed by atoms with Crippen molar-refractivity contribution < 1.29 is 4.79 Å². The van der Waals surface area contributed by atoms with Crippen LogP contribution >= 0.6 is 11.6 Å². The first-order valence-corrected chi connectivity index (χ1v) is 11.9. The average Bonchev–Trinajstić information content (AvgIpc) is 2.84. The number of aromatic nitrogens is 3. The Morgan fingerprint density at radius 1 is 1.03 bits per heavy atom. The van der Waals surface area contributed by atoms with E-state index in [9.17, 15) is 4.79 Å². The second kappa shape index (κ2) is 8.37. The molecule has 0 unspecified atom stereocenters. The van der Waals surface area contributed by atoms with Gasteiger partial charge in [0.05, 0.1) is 29.0 Å². The molecule has 2 atom stereocenters. The van der Waals surface area contributed by atoms with Crippen LogP contribution in [-0.2, 0) is 0 Å². The standard InChI is InChI=1S/C27H24ClN5O/c1-17-5-7-20(22-4-2-3-10-29-22)21(12-17)27(34)33-15-18-9-11-32(16-25(18)33)26-14-30-23-8-6-19(28)13-24(23)31-26/h2-8,10,12-14,18,25H,9,11,15-16H2,1H3/t18-,25-/m0/s1. The van der Waals surface area contributed by atoms with Gasteiger partial charge in [-0.15, -0.1) is 0 Å². The lowest BCUT2D eigenvalue weighted by atomic mass is 9.81. The molecule has 0 aliphatic carbocycles. The third-order valence-electron chi connectivity index (χ3n) is 6.98. The Morgan fingerprint density at radius 2 is 1.94 bits per heavy atom. The van der Waals surface area contributed by atoms with E-state index in [4.69, 9.17) is 16.6 Å². The van der Waals surface area contributed by atoms with Gasteiger partial charge < -0.3 is 9.80 Å². The molecule has 0 radical (unpaired) electrons. The molecule has 0 N–H and O–H groups in total. The van der Waals surface area contributed by atoms with Crippen LogP contribution < -0.4 is 4.90 Å². The molecule has 0 bridgehead atoms. The fourth-order valence-corrected chi connectivity index (χ4v) is 5.27. The lowest BCUT2D eigenvalue weighted by molar-refractivity contribution is 0.00786. The second-order valence-electron chi connectivity index (χ2n) is 9.14. The molecule has 2 fully saturated rings. The van der Waals surface area contributed by atoms with Gasteiger partial charge in [0.15, 0.2) is 0 Å². The lowest BCUT2D eigenvalue weighted by Gasteiger charge is -2.53. The summed E-state index contributed by atoms with van der Waals surface area (Å²) in [5.74, 6) is 1.42. The summed E-state index contributed by atoms with van der Waals surface area (Å²) >= 11 is 6.16. The molecule has 34 heavy (non-hydrogen) atoms. The zero-order valence-electron chi connectivity index (χ0n) is 18.9. The number of pyridine rings is 1. The molecule has 1 amide bonds. The summed E-state index contributed by atoms with van der Waals surface area (Å²) in [6.45, 7) is 4.48. The van der Waals surface area contributed by atoms with E-state index in [1.165, 1.54) is 0 Å². The molecule has 6 nitrogen and oxygen atoms in total. The normalized spacial score (nSPS) is 19.6. The van der Waals surface area contributed by atoms with Crippen molar-refractivity contribution in [3.8, 4) is 11.3 Å². The van der Waals surface area contributed by atoms with Gasteiger partial charge in [0.2, 0.25) is 0 Å². The Hall–Kier alpha value is -3.51. The Balaban J connectivity index is 1.27. The Bertz CT molecular complexity index is 1390. The summed E-state index contributed by atoms with van der Waals surface area (Å²) in [5, 5.41) is 0.648. The van der Waals surface area contributed by atoms with Crippen LogP contribution in [0, 0.1) is 12.8 Å². The molecule has 2 saturated heterocycles. The summed E-state index contributed by atoms with van der Waals surface area (Å²) in [4.78, 5) is 31.8. The second-order valence-corrected chi connectivity index (χ2v) is 9.58. The number of carbonyl (C=O) groups excluding carboxylic acids is 1. The highest BCUT2D eigenvalue weighted by Gasteiger charge is 2.45. The van der Waals surface area contributed by atoms with E-state index in [0.717, 1.165) is 65.3 Å². The highest BCUT2D eigenvalue weighted by molar-refractivity contribution is 6.31. The van der Waals surface area contributed by atoms with Crippen LogP contribution in [0.25, 0.3) is 22.3 Å². The Morgan fingerprint density at radius 3 is 2.79 bits per heavy atom. The molecule has 0 spiro atoms. The van der Waals surface area contributed by atoms with Crippen LogP contribution in [0.2, 0.25) is 5.02 Å². The van der Waals surface area contributed by atoms with Gasteiger partial charge in [-0.25, -0.2) is 4.98 Å². The SMILES string of the molecule is Cc1ccc(-c2ccccn2)c(C(=O)N2C[C@@H]3CCN(c4cnc5ccc(Cl)cc5n4)C[C@@H]32)c1. The molecule has 0 saturated carbocycles. The highest BCUT2D eigenvalue weighted by atomic mass is 35.5. The molecule has 2 aromatic heterocycles. The fourth-order valence-electron chi connectivity index (χ4n) is 5.10. The van der Waals surface area contributed by atoms with Gasteiger partial charge in [0.1, 0.15) is 5.82 Å². The molecule has 6 rings (SSSR count). The van der Waals surface area contributed by atoms with E-state index in [2.05, 4.69) is 14.9 Å². The average molecular weight is 470 g/mol. The van der Waals surface area contributed by atoms with Gasteiger partial charge in [-0.1, -0.05) is 35.4 Å². The minimum Gasteiger partial charge on any atom is -0.353 e. The predicted molar refractivity (Wildman–Crippen MR) is 134 cm³/mol. The molecule has 4 aromatic rings. The molecule has 7 heteroatoms. The van der Waals surface area contributed by atoms with E-state index >= 15 is 0 Å².